The molecule has 0 unspecified atom stereocenters. The molecule has 0 atom stereocenters. The number of methoxy groups -OCH3 is 1. The summed E-state index contributed by atoms with van der Waals surface area (Å²) >= 11 is 12.8. The fraction of sp³-hybridized carbons (Fsp3) is 0.154. The van der Waals surface area contributed by atoms with Crippen molar-refractivity contribution >= 4 is 57.6 Å². The number of ether oxygens (including phenoxy) is 2. The predicted octanol–water partition coefficient (Wildman–Crippen LogP) is 7.09. The fourth-order valence-electron chi connectivity index (χ4n) is 3.42. The lowest BCUT2D eigenvalue weighted by Crippen LogP contribution is -2.27. The summed E-state index contributed by atoms with van der Waals surface area (Å²) in [6.45, 7) is 3.95. The second kappa shape index (κ2) is 10.2. The van der Waals surface area contributed by atoms with Gasteiger partial charge >= 0.3 is 0 Å². The summed E-state index contributed by atoms with van der Waals surface area (Å²) in [6.07, 6.45) is 1.75. The Bertz CT molecular complexity index is 1310. The molecule has 0 bridgehead atoms. The highest BCUT2D eigenvalue weighted by molar-refractivity contribution is 8.27. The molecule has 34 heavy (non-hydrogen) atoms. The summed E-state index contributed by atoms with van der Waals surface area (Å²) in [4.78, 5) is 15.2. The molecule has 4 rings (SSSR count). The number of anilines is 1. The van der Waals surface area contributed by atoms with Crippen LogP contribution in [-0.2, 0) is 11.4 Å². The largest absolute Gasteiger partial charge is 0.493 e. The lowest BCUT2D eigenvalue weighted by molar-refractivity contribution is -0.113. The number of hydrogen-bond donors (Lipinski definition) is 0. The van der Waals surface area contributed by atoms with Gasteiger partial charge in [0.25, 0.3) is 5.91 Å². The van der Waals surface area contributed by atoms with Gasteiger partial charge in [-0.3, -0.25) is 9.69 Å². The minimum absolute atomic E-state index is 0.0692. The Kier molecular flexibility index (Phi) is 7.26. The maximum absolute atomic E-state index is 14.1. The number of hydrogen-bond acceptors (Lipinski definition) is 5. The van der Waals surface area contributed by atoms with Gasteiger partial charge in [0, 0.05) is 5.56 Å². The zero-order valence-corrected chi connectivity index (χ0v) is 21.1. The van der Waals surface area contributed by atoms with Crippen LogP contribution >= 0.6 is 35.6 Å². The van der Waals surface area contributed by atoms with E-state index in [1.165, 1.54) is 31.0 Å². The third-order valence-corrected chi connectivity index (χ3v) is 7.12. The van der Waals surface area contributed by atoms with Crippen molar-refractivity contribution in [2.24, 2.45) is 0 Å². The number of amides is 1. The molecule has 3 aromatic rings. The second-order valence-electron chi connectivity index (χ2n) is 7.68. The lowest BCUT2D eigenvalue weighted by atomic mass is 10.1. The molecule has 174 valence electrons. The van der Waals surface area contributed by atoms with Crippen molar-refractivity contribution in [3.63, 3.8) is 0 Å². The Balaban J connectivity index is 1.59. The van der Waals surface area contributed by atoms with Crippen LogP contribution in [0.4, 0.5) is 10.1 Å². The number of nitrogens with zero attached hydrogens (tertiary/aromatic N) is 1. The number of thioether (sulfide) groups is 1. The molecule has 1 fully saturated rings. The van der Waals surface area contributed by atoms with E-state index in [0.29, 0.717) is 20.7 Å². The molecule has 3 aromatic carbocycles. The number of halogens is 2. The first-order valence-corrected chi connectivity index (χ1v) is 12.0. The van der Waals surface area contributed by atoms with Gasteiger partial charge in [-0.2, -0.15) is 0 Å². The Morgan fingerprint density at radius 2 is 1.88 bits per heavy atom. The number of aryl methyl sites for hydroxylation is 2. The molecule has 0 aromatic heterocycles. The van der Waals surface area contributed by atoms with Crippen LogP contribution in [0.15, 0.2) is 59.5 Å². The molecule has 0 spiro atoms. The number of carbonyl (C=O) groups is 1. The molecule has 1 aliphatic heterocycles. The van der Waals surface area contributed by atoms with Crippen molar-refractivity contribution in [1.29, 1.82) is 0 Å². The Labute approximate surface area is 212 Å². The van der Waals surface area contributed by atoms with Gasteiger partial charge in [0.05, 0.1) is 22.7 Å². The summed E-state index contributed by atoms with van der Waals surface area (Å²) < 4.78 is 25.8. The monoisotopic (exact) mass is 513 g/mol. The third-order valence-electron chi connectivity index (χ3n) is 5.46. The molecule has 0 aliphatic carbocycles. The molecule has 8 heteroatoms. The minimum Gasteiger partial charge on any atom is -0.493 e. The summed E-state index contributed by atoms with van der Waals surface area (Å²) in [7, 11) is 1.52. The van der Waals surface area contributed by atoms with Crippen LogP contribution in [0.25, 0.3) is 6.08 Å². The van der Waals surface area contributed by atoms with Crippen LogP contribution < -0.4 is 14.4 Å². The second-order valence-corrected chi connectivity index (χ2v) is 9.77. The molecule has 0 saturated carbocycles. The van der Waals surface area contributed by atoms with Gasteiger partial charge in [0.1, 0.15) is 12.4 Å². The minimum atomic E-state index is -0.447. The van der Waals surface area contributed by atoms with Crippen LogP contribution in [0.3, 0.4) is 0 Å². The van der Waals surface area contributed by atoms with Gasteiger partial charge in [0.2, 0.25) is 0 Å². The van der Waals surface area contributed by atoms with Gasteiger partial charge < -0.3 is 9.47 Å². The van der Waals surface area contributed by atoms with E-state index in [-0.39, 0.29) is 23.1 Å². The zero-order chi connectivity index (χ0) is 24.4. The SMILES string of the molecule is COc1ccc(C=C2SC(=S)N(c3ccc(C)c(C)c3)C2=O)cc1OCc1c(F)cccc1Cl. The van der Waals surface area contributed by atoms with E-state index < -0.39 is 5.82 Å². The van der Waals surface area contributed by atoms with E-state index in [1.807, 2.05) is 38.1 Å². The van der Waals surface area contributed by atoms with E-state index in [0.717, 1.165) is 22.4 Å². The highest BCUT2D eigenvalue weighted by Crippen LogP contribution is 2.38. The quantitative estimate of drug-likeness (QED) is 0.260. The average Bonchev–Trinajstić information content (AvgIpc) is 3.08. The third kappa shape index (κ3) is 4.97. The fourth-order valence-corrected chi connectivity index (χ4v) is 4.94. The van der Waals surface area contributed by atoms with Crippen molar-refractivity contribution in [3.05, 3.63) is 92.6 Å². The maximum atomic E-state index is 14.1. The van der Waals surface area contributed by atoms with Gasteiger partial charge in [-0.1, -0.05) is 53.8 Å². The highest BCUT2D eigenvalue weighted by Gasteiger charge is 2.33. The lowest BCUT2D eigenvalue weighted by Gasteiger charge is -2.16. The van der Waals surface area contributed by atoms with E-state index in [4.69, 9.17) is 33.3 Å². The van der Waals surface area contributed by atoms with E-state index in [9.17, 15) is 9.18 Å². The van der Waals surface area contributed by atoms with Gasteiger partial charge in [-0.15, -0.1) is 0 Å². The van der Waals surface area contributed by atoms with Crippen molar-refractivity contribution in [1.82, 2.24) is 0 Å². The number of benzene rings is 3. The topological polar surface area (TPSA) is 38.8 Å². The van der Waals surface area contributed by atoms with E-state index in [2.05, 4.69) is 0 Å². The number of thiocarbonyl (C=S) groups is 1. The molecule has 1 heterocycles. The molecule has 1 amide bonds. The molecule has 1 aliphatic rings. The highest BCUT2D eigenvalue weighted by atomic mass is 35.5. The maximum Gasteiger partial charge on any atom is 0.270 e. The van der Waals surface area contributed by atoms with Crippen molar-refractivity contribution < 1.29 is 18.7 Å². The summed E-state index contributed by atoms with van der Waals surface area (Å²) in [5, 5.41) is 0.283. The normalized spacial score (nSPS) is 14.7. The number of carbonyl (C=O) groups excluding carboxylic acids is 1. The summed E-state index contributed by atoms with van der Waals surface area (Å²) in [6, 6.07) is 15.6. The smallest absolute Gasteiger partial charge is 0.270 e. The van der Waals surface area contributed by atoms with Crippen LogP contribution in [0.2, 0.25) is 5.02 Å². The molecule has 0 N–H and O–H groups in total. The van der Waals surface area contributed by atoms with Gasteiger partial charge in [-0.05, 0) is 73.0 Å². The van der Waals surface area contributed by atoms with Gasteiger partial charge in [0.15, 0.2) is 15.8 Å². The molecule has 0 radical (unpaired) electrons. The first-order valence-electron chi connectivity index (χ1n) is 10.4. The predicted molar refractivity (Wildman–Crippen MR) is 140 cm³/mol. The van der Waals surface area contributed by atoms with Crippen molar-refractivity contribution in [2.45, 2.75) is 20.5 Å². The summed E-state index contributed by atoms with van der Waals surface area (Å²) in [5.41, 5.74) is 3.95. The average molecular weight is 514 g/mol. The molecular formula is C26H21ClFNO3S2. The first-order chi connectivity index (χ1) is 16.3. The Hall–Kier alpha value is -2.87. The van der Waals surface area contributed by atoms with E-state index >= 15 is 0 Å². The zero-order valence-electron chi connectivity index (χ0n) is 18.7. The number of rotatable bonds is 6. The summed E-state index contributed by atoms with van der Waals surface area (Å²) in [5.74, 6) is 0.250. The van der Waals surface area contributed by atoms with Crippen molar-refractivity contribution in [3.8, 4) is 11.5 Å². The van der Waals surface area contributed by atoms with Gasteiger partial charge in [-0.25, -0.2) is 4.39 Å². The van der Waals surface area contributed by atoms with Crippen molar-refractivity contribution in [2.75, 3.05) is 12.0 Å². The van der Waals surface area contributed by atoms with Crippen LogP contribution in [0.1, 0.15) is 22.3 Å². The van der Waals surface area contributed by atoms with E-state index in [1.54, 1.807) is 29.2 Å². The Morgan fingerprint density at radius 3 is 2.59 bits per heavy atom. The standard InChI is InChI=1S/C26H21ClFNO3S2/c1-15-7-9-18(11-16(15)2)29-25(30)24(34-26(29)33)13-17-8-10-22(31-3)23(12-17)32-14-19-20(27)5-4-6-21(19)28/h4-13H,14H2,1-3H3. The first kappa shape index (κ1) is 24.3. The molecule has 4 nitrogen and oxygen atoms in total. The van der Waals surface area contributed by atoms with Crippen LogP contribution in [0.5, 0.6) is 11.5 Å². The van der Waals surface area contributed by atoms with Crippen LogP contribution in [0, 0.1) is 19.7 Å². The van der Waals surface area contributed by atoms with Crippen LogP contribution in [-0.4, -0.2) is 17.3 Å². The Morgan fingerprint density at radius 1 is 1.09 bits per heavy atom. The molecule has 1 saturated heterocycles. The molecular weight excluding hydrogens is 493 g/mol.